The summed E-state index contributed by atoms with van der Waals surface area (Å²) in [5, 5.41) is 2.99. The van der Waals surface area contributed by atoms with Gasteiger partial charge in [-0.05, 0) is 6.42 Å². The minimum absolute atomic E-state index is 0.0878. The fourth-order valence-corrected chi connectivity index (χ4v) is 3.00. The van der Waals surface area contributed by atoms with Crippen molar-refractivity contribution in [3.63, 3.8) is 0 Å². The molecule has 4 nitrogen and oxygen atoms in total. The zero-order valence-corrected chi connectivity index (χ0v) is 12.4. The molecule has 0 amide bonds. The Morgan fingerprint density at radius 1 is 1.10 bits per heavy atom. The fourth-order valence-electron chi connectivity index (χ4n) is 2.18. The van der Waals surface area contributed by atoms with Crippen LogP contribution in [0.3, 0.4) is 0 Å². The van der Waals surface area contributed by atoms with E-state index in [4.69, 9.17) is 0 Å². The number of carbonyl (C=O) groups is 2. The number of carbonyl (C=O) groups excluding carboxylic acids is 2. The first-order valence-corrected chi connectivity index (χ1v) is 8.13. The van der Waals surface area contributed by atoms with E-state index in [1.165, 1.54) is 6.26 Å². The van der Waals surface area contributed by atoms with Gasteiger partial charge in [0.25, 0.3) is 0 Å². The van der Waals surface area contributed by atoms with Crippen molar-refractivity contribution >= 4 is 22.4 Å². The molecule has 0 heterocycles. The molecule has 2 rings (SSSR count). The summed E-state index contributed by atoms with van der Waals surface area (Å²) in [5.41, 5.74) is 0.914. The first-order chi connectivity index (χ1) is 9.57. The summed E-state index contributed by atoms with van der Waals surface area (Å²) in [4.78, 5) is 25.0. The number of benzene rings is 1. The van der Waals surface area contributed by atoms with Crippen molar-refractivity contribution in [3.8, 4) is 0 Å². The zero-order valence-electron chi connectivity index (χ0n) is 11.6. The number of Topliss-reactive ketones (excluding diaryl/α,β-unsaturated/α-hetero) is 2. The largest absolute Gasteiger partial charge is 0.381 e. The lowest BCUT2D eigenvalue weighted by Gasteiger charge is -2.20. The fraction of sp³-hybridized carbons (Fsp3) is 0.333. The Morgan fingerprint density at radius 2 is 1.70 bits per heavy atom. The Kier molecular flexibility index (Phi) is 4.49. The topological polar surface area (TPSA) is 63.2 Å². The normalized spacial score (nSPS) is 16.1. The number of hydrogen-bond acceptors (Lipinski definition) is 4. The van der Waals surface area contributed by atoms with Gasteiger partial charge in [-0.15, -0.1) is 0 Å². The summed E-state index contributed by atoms with van der Waals surface area (Å²) < 4.78 is 11.8. The molecule has 0 saturated heterocycles. The highest BCUT2D eigenvalue weighted by Crippen LogP contribution is 2.26. The van der Waals surface area contributed by atoms with E-state index in [0.717, 1.165) is 12.8 Å². The minimum atomic E-state index is -1.50. The lowest BCUT2D eigenvalue weighted by molar-refractivity contribution is 0.0975. The molecule has 1 aromatic carbocycles. The number of unbranched alkanes of at least 4 members (excludes halogenated alkanes) is 1. The van der Waals surface area contributed by atoms with Crippen LogP contribution in [-0.2, 0) is 10.8 Å². The van der Waals surface area contributed by atoms with E-state index in [1.54, 1.807) is 24.3 Å². The zero-order chi connectivity index (χ0) is 14.7. The van der Waals surface area contributed by atoms with Gasteiger partial charge in [0.1, 0.15) is 10.6 Å². The van der Waals surface area contributed by atoms with E-state index in [1.807, 2.05) is 6.92 Å². The van der Waals surface area contributed by atoms with Crippen molar-refractivity contribution in [2.75, 3.05) is 12.8 Å². The van der Waals surface area contributed by atoms with Gasteiger partial charge in [0.05, 0.1) is 10.8 Å². The second kappa shape index (κ2) is 6.13. The van der Waals surface area contributed by atoms with Crippen LogP contribution in [0.25, 0.3) is 0 Å². The van der Waals surface area contributed by atoms with Crippen LogP contribution in [0.2, 0.25) is 0 Å². The Hall–Kier alpha value is -1.75. The third kappa shape index (κ3) is 2.58. The van der Waals surface area contributed by atoms with Gasteiger partial charge in [-0.25, -0.2) is 0 Å². The molecular formula is C15H17NO3S. The summed E-state index contributed by atoms with van der Waals surface area (Å²) in [7, 11) is -1.50. The summed E-state index contributed by atoms with van der Waals surface area (Å²) in [6.07, 6.45) is 3.29. The molecule has 20 heavy (non-hydrogen) atoms. The summed E-state index contributed by atoms with van der Waals surface area (Å²) in [6.45, 7) is 2.63. The maximum Gasteiger partial charge on any atom is 0.210 e. The smallest absolute Gasteiger partial charge is 0.210 e. The number of hydrogen-bond donors (Lipinski definition) is 1. The molecule has 1 atom stereocenters. The van der Waals surface area contributed by atoms with Crippen molar-refractivity contribution in [1.29, 1.82) is 0 Å². The molecule has 0 spiro atoms. The van der Waals surface area contributed by atoms with Crippen LogP contribution in [0.5, 0.6) is 0 Å². The van der Waals surface area contributed by atoms with Gasteiger partial charge in [-0.3, -0.25) is 13.8 Å². The summed E-state index contributed by atoms with van der Waals surface area (Å²) >= 11 is 0. The maximum absolute atomic E-state index is 12.5. The Morgan fingerprint density at radius 3 is 2.25 bits per heavy atom. The van der Waals surface area contributed by atoms with E-state index in [9.17, 15) is 13.8 Å². The van der Waals surface area contributed by atoms with Crippen LogP contribution < -0.4 is 5.32 Å². The number of allylic oxidation sites excluding steroid dienone is 2. The molecule has 0 radical (unpaired) electrons. The lowest BCUT2D eigenvalue weighted by atomic mass is 9.92. The first kappa shape index (κ1) is 14.7. The van der Waals surface area contributed by atoms with Gasteiger partial charge in [-0.2, -0.15) is 0 Å². The number of fused-ring (bicyclic) bond motifs is 1. The molecule has 0 bridgehead atoms. The van der Waals surface area contributed by atoms with Gasteiger partial charge < -0.3 is 5.32 Å². The standard InChI is InChI=1S/C15H17NO3S/c1-3-4-9-16-12-13(17)10-7-5-6-8-11(10)14(18)15(12)20(2)19/h5-8,16H,3-4,9H2,1-2H3. The van der Waals surface area contributed by atoms with Crippen LogP contribution in [0.4, 0.5) is 0 Å². The maximum atomic E-state index is 12.5. The molecule has 1 N–H and O–H groups in total. The van der Waals surface area contributed by atoms with E-state index in [0.29, 0.717) is 17.7 Å². The summed E-state index contributed by atoms with van der Waals surface area (Å²) in [6, 6.07) is 6.66. The van der Waals surface area contributed by atoms with Crippen LogP contribution in [0.1, 0.15) is 40.5 Å². The molecule has 0 saturated carbocycles. The quantitative estimate of drug-likeness (QED) is 0.843. The Bertz CT molecular complexity index is 619. The average molecular weight is 291 g/mol. The van der Waals surface area contributed by atoms with Crippen LogP contribution in [-0.4, -0.2) is 28.6 Å². The highest BCUT2D eigenvalue weighted by atomic mass is 32.2. The van der Waals surface area contributed by atoms with Crippen molar-refractivity contribution in [3.05, 3.63) is 46.0 Å². The Balaban J connectivity index is 2.48. The SMILES string of the molecule is CCCCNC1=C(S(C)=O)C(=O)c2ccccc2C1=O. The molecule has 1 aliphatic carbocycles. The van der Waals surface area contributed by atoms with Crippen LogP contribution >= 0.6 is 0 Å². The van der Waals surface area contributed by atoms with Gasteiger partial charge in [0.2, 0.25) is 11.6 Å². The van der Waals surface area contributed by atoms with Gasteiger partial charge in [-0.1, -0.05) is 37.6 Å². The van der Waals surface area contributed by atoms with Crippen LogP contribution in [0, 0.1) is 0 Å². The number of nitrogens with one attached hydrogen (secondary N) is 1. The highest BCUT2D eigenvalue weighted by Gasteiger charge is 2.33. The summed E-state index contributed by atoms with van der Waals surface area (Å²) in [5.74, 6) is -0.568. The van der Waals surface area contributed by atoms with Gasteiger partial charge in [0.15, 0.2) is 0 Å². The average Bonchev–Trinajstić information content (AvgIpc) is 2.44. The molecule has 0 aliphatic heterocycles. The third-order valence-electron chi connectivity index (χ3n) is 3.20. The predicted molar refractivity (Wildman–Crippen MR) is 79.1 cm³/mol. The van der Waals surface area contributed by atoms with Gasteiger partial charge in [0, 0.05) is 23.9 Å². The van der Waals surface area contributed by atoms with Gasteiger partial charge >= 0.3 is 0 Å². The molecule has 106 valence electrons. The third-order valence-corrected chi connectivity index (χ3v) is 4.16. The molecule has 1 aromatic rings. The monoisotopic (exact) mass is 291 g/mol. The molecular weight excluding hydrogens is 274 g/mol. The number of rotatable bonds is 5. The van der Waals surface area contributed by atoms with E-state index >= 15 is 0 Å². The van der Waals surface area contributed by atoms with E-state index in [2.05, 4.69) is 5.32 Å². The van der Waals surface area contributed by atoms with Crippen LogP contribution in [0.15, 0.2) is 34.9 Å². The number of ketones is 2. The second-order valence-electron chi connectivity index (χ2n) is 4.64. The van der Waals surface area contributed by atoms with Crippen molar-refractivity contribution in [2.24, 2.45) is 0 Å². The molecule has 0 fully saturated rings. The van der Waals surface area contributed by atoms with Crippen molar-refractivity contribution in [1.82, 2.24) is 5.32 Å². The van der Waals surface area contributed by atoms with E-state index < -0.39 is 10.8 Å². The molecule has 1 unspecified atom stereocenters. The van der Waals surface area contributed by atoms with E-state index in [-0.39, 0.29) is 22.2 Å². The molecule has 5 heteroatoms. The predicted octanol–water partition coefficient (Wildman–Crippen LogP) is 2.05. The molecule has 1 aliphatic rings. The first-order valence-electron chi connectivity index (χ1n) is 6.58. The Labute approximate surface area is 120 Å². The van der Waals surface area contributed by atoms with Crippen molar-refractivity contribution < 1.29 is 13.8 Å². The highest BCUT2D eigenvalue weighted by molar-refractivity contribution is 7.89. The molecule has 0 aromatic heterocycles. The lowest BCUT2D eigenvalue weighted by Crippen LogP contribution is -2.32. The second-order valence-corrected chi connectivity index (χ2v) is 5.96. The minimum Gasteiger partial charge on any atom is -0.381 e. The van der Waals surface area contributed by atoms with Crippen molar-refractivity contribution in [2.45, 2.75) is 19.8 Å².